The van der Waals surface area contributed by atoms with Gasteiger partial charge in [-0.15, -0.1) is 11.3 Å². The summed E-state index contributed by atoms with van der Waals surface area (Å²) < 4.78 is 1.21. The minimum absolute atomic E-state index is 0.534. The number of hydrogen-bond donors (Lipinski definition) is 1. The number of benzene rings is 1. The molecule has 1 N–H and O–H groups in total. The number of rotatable bonds is 7. The Balaban J connectivity index is 2.08. The number of nitrogens with one attached hydrogen (secondary N) is 1. The van der Waals surface area contributed by atoms with Crippen LogP contribution in [0, 0.1) is 6.92 Å². The third-order valence-corrected chi connectivity index (χ3v) is 5.27. The highest BCUT2D eigenvalue weighted by molar-refractivity contribution is 9.10. The molecule has 0 spiro atoms. The van der Waals surface area contributed by atoms with Crippen LogP contribution in [0.1, 0.15) is 35.4 Å². The van der Waals surface area contributed by atoms with Gasteiger partial charge < -0.3 is 5.32 Å². The fourth-order valence-electron chi connectivity index (χ4n) is 2.36. The number of aromatic nitrogens is 1. The van der Waals surface area contributed by atoms with Gasteiger partial charge in [0.2, 0.25) is 0 Å². The molecule has 0 aliphatic carbocycles. The third-order valence-electron chi connectivity index (χ3n) is 3.55. The SMILES string of the molecule is CCNCC(CCc1scnc1C)c1ccccc1Br. The second-order valence-corrected chi connectivity index (χ2v) is 6.72. The van der Waals surface area contributed by atoms with Crippen LogP contribution in [0.3, 0.4) is 0 Å². The summed E-state index contributed by atoms with van der Waals surface area (Å²) >= 11 is 5.46. The molecule has 4 heteroatoms. The average Bonchev–Trinajstić information content (AvgIpc) is 2.86. The van der Waals surface area contributed by atoms with Gasteiger partial charge in [-0.3, -0.25) is 0 Å². The Labute approximate surface area is 133 Å². The number of likely N-dealkylation sites (N-methyl/N-ethyl adjacent to an activating group) is 1. The quantitative estimate of drug-likeness (QED) is 0.791. The molecule has 0 bridgehead atoms. The Morgan fingerprint density at radius 1 is 1.35 bits per heavy atom. The van der Waals surface area contributed by atoms with Gasteiger partial charge in [-0.1, -0.05) is 41.1 Å². The highest BCUT2D eigenvalue weighted by Crippen LogP contribution is 2.29. The Morgan fingerprint density at radius 2 is 2.15 bits per heavy atom. The Morgan fingerprint density at radius 3 is 2.80 bits per heavy atom. The minimum Gasteiger partial charge on any atom is -0.316 e. The van der Waals surface area contributed by atoms with Gasteiger partial charge in [0.25, 0.3) is 0 Å². The van der Waals surface area contributed by atoms with Gasteiger partial charge in [0, 0.05) is 15.9 Å². The van der Waals surface area contributed by atoms with Crippen LogP contribution in [-0.4, -0.2) is 18.1 Å². The smallest absolute Gasteiger partial charge is 0.0797 e. The molecule has 0 aliphatic rings. The lowest BCUT2D eigenvalue weighted by Crippen LogP contribution is -2.22. The van der Waals surface area contributed by atoms with Crippen molar-refractivity contribution in [1.29, 1.82) is 0 Å². The molecule has 1 heterocycles. The normalized spacial score (nSPS) is 12.6. The molecule has 20 heavy (non-hydrogen) atoms. The predicted octanol–water partition coefficient (Wildman–Crippen LogP) is 4.54. The van der Waals surface area contributed by atoms with E-state index in [0.29, 0.717) is 5.92 Å². The Hall–Kier alpha value is -0.710. The summed E-state index contributed by atoms with van der Waals surface area (Å²) in [6, 6.07) is 8.56. The van der Waals surface area contributed by atoms with E-state index in [-0.39, 0.29) is 0 Å². The van der Waals surface area contributed by atoms with E-state index in [9.17, 15) is 0 Å². The van der Waals surface area contributed by atoms with Crippen LogP contribution >= 0.6 is 27.3 Å². The molecule has 0 amide bonds. The maximum Gasteiger partial charge on any atom is 0.0797 e. The van der Waals surface area contributed by atoms with Crippen molar-refractivity contribution in [1.82, 2.24) is 10.3 Å². The van der Waals surface area contributed by atoms with Crippen molar-refractivity contribution in [2.24, 2.45) is 0 Å². The largest absolute Gasteiger partial charge is 0.316 e. The van der Waals surface area contributed by atoms with Crippen molar-refractivity contribution in [2.75, 3.05) is 13.1 Å². The monoisotopic (exact) mass is 352 g/mol. The molecule has 0 saturated heterocycles. The zero-order valence-electron chi connectivity index (χ0n) is 12.0. The summed E-state index contributed by atoms with van der Waals surface area (Å²) in [6.07, 6.45) is 2.26. The summed E-state index contributed by atoms with van der Waals surface area (Å²) in [7, 11) is 0. The molecule has 0 saturated carbocycles. The maximum atomic E-state index is 4.34. The predicted molar refractivity (Wildman–Crippen MR) is 90.6 cm³/mol. The molecule has 1 aromatic carbocycles. The molecule has 0 radical (unpaired) electrons. The molecule has 1 atom stereocenters. The number of halogens is 1. The van der Waals surface area contributed by atoms with E-state index in [2.05, 4.69) is 64.3 Å². The molecule has 1 unspecified atom stereocenters. The Bertz CT molecular complexity index is 539. The van der Waals surface area contributed by atoms with E-state index in [1.165, 1.54) is 20.6 Å². The number of aryl methyl sites for hydroxylation is 2. The van der Waals surface area contributed by atoms with Crippen molar-refractivity contribution >= 4 is 27.3 Å². The topological polar surface area (TPSA) is 24.9 Å². The van der Waals surface area contributed by atoms with Crippen molar-refractivity contribution < 1.29 is 0 Å². The van der Waals surface area contributed by atoms with Gasteiger partial charge in [0.05, 0.1) is 11.2 Å². The number of nitrogens with zero attached hydrogens (tertiary/aromatic N) is 1. The van der Waals surface area contributed by atoms with Crippen LogP contribution in [0.5, 0.6) is 0 Å². The molecule has 2 rings (SSSR count). The highest BCUT2D eigenvalue weighted by Gasteiger charge is 2.15. The molecule has 0 aliphatic heterocycles. The zero-order chi connectivity index (χ0) is 14.4. The van der Waals surface area contributed by atoms with E-state index >= 15 is 0 Å². The summed E-state index contributed by atoms with van der Waals surface area (Å²) in [6.45, 7) is 6.30. The average molecular weight is 353 g/mol. The van der Waals surface area contributed by atoms with Crippen LogP contribution in [0.25, 0.3) is 0 Å². The van der Waals surface area contributed by atoms with E-state index in [0.717, 1.165) is 25.9 Å². The van der Waals surface area contributed by atoms with Crippen LogP contribution in [0.2, 0.25) is 0 Å². The van der Waals surface area contributed by atoms with Crippen molar-refractivity contribution in [3.05, 3.63) is 50.4 Å². The maximum absolute atomic E-state index is 4.34. The van der Waals surface area contributed by atoms with Gasteiger partial charge in [0.1, 0.15) is 0 Å². The van der Waals surface area contributed by atoms with Gasteiger partial charge in [0.15, 0.2) is 0 Å². The van der Waals surface area contributed by atoms with E-state index < -0.39 is 0 Å². The summed E-state index contributed by atoms with van der Waals surface area (Å²) in [5.41, 5.74) is 4.53. The molecule has 2 aromatic rings. The van der Waals surface area contributed by atoms with E-state index in [4.69, 9.17) is 0 Å². The van der Waals surface area contributed by atoms with Gasteiger partial charge in [-0.05, 0) is 43.9 Å². The van der Waals surface area contributed by atoms with Crippen LogP contribution in [-0.2, 0) is 6.42 Å². The first-order chi connectivity index (χ1) is 9.72. The fourth-order valence-corrected chi connectivity index (χ4v) is 3.77. The van der Waals surface area contributed by atoms with Crippen LogP contribution in [0.4, 0.5) is 0 Å². The summed E-state index contributed by atoms with van der Waals surface area (Å²) in [5, 5.41) is 3.49. The number of hydrogen-bond acceptors (Lipinski definition) is 3. The lowest BCUT2D eigenvalue weighted by molar-refractivity contribution is 0.561. The summed E-state index contributed by atoms with van der Waals surface area (Å²) in [5.74, 6) is 0.534. The second-order valence-electron chi connectivity index (χ2n) is 4.93. The first-order valence-electron chi connectivity index (χ1n) is 7.06. The van der Waals surface area contributed by atoms with Crippen LogP contribution < -0.4 is 5.32 Å². The van der Waals surface area contributed by atoms with Gasteiger partial charge in [-0.2, -0.15) is 0 Å². The highest BCUT2D eigenvalue weighted by atomic mass is 79.9. The molecule has 0 fully saturated rings. The molecule has 1 aromatic heterocycles. The molecule has 108 valence electrons. The van der Waals surface area contributed by atoms with Crippen LogP contribution in [0.15, 0.2) is 34.2 Å². The Kier molecular flexibility index (Phi) is 6.20. The fraction of sp³-hybridized carbons (Fsp3) is 0.438. The number of thiazole rings is 1. The zero-order valence-corrected chi connectivity index (χ0v) is 14.4. The first-order valence-corrected chi connectivity index (χ1v) is 8.73. The van der Waals surface area contributed by atoms with E-state index in [1.54, 1.807) is 11.3 Å². The lowest BCUT2D eigenvalue weighted by Gasteiger charge is -2.19. The molecular weight excluding hydrogens is 332 g/mol. The molecule has 2 nitrogen and oxygen atoms in total. The van der Waals surface area contributed by atoms with Gasteiger partial charge in [-0.25, -0.2) is 4.98 Å². The summed E-state index contributed by atoms with van der Waals surface area (Å²) in [4.78, 5) is 5.76. The lowest BCUT2D eigenvalue weighted by atomic mass is 9.93. The minimum atomic E-state index is 0.534. The van der Waals surface area contributed by atoms with Crippen molar-refractivity contribution in [3.63, 3.8) is 0 Å². The second kappa shape index (κ2) is 7.91. The van der Waals surface area contributed by atoms with Crippen molar-refractivity contribution in [3.8, 4) is 0 Å². The van der Waals surface area contributed by atoms with Gasteiger partial charge >= 0.3 is 0 Å². The van der Waals surface area contributed by atoms with E-state index in [1.807, 2.05) is 5.51 Å². The standard InChI is InChI=1S/C16H21BrN2S/c1-3-18-10-13(14-6-4-5-7-15(14)17)8-9-16-12(2)19-11-20-16/h4-7,11,13,18H,3,8-10H2,1-2H3. The van der Waals surface area contributed by atoms with Crippen molar-refractivity contribution in [2.45, 2.75) is 32.6 Å². The first kappa shape index (κ1) is 15.7. The third kappa shape index (κ3) is 4.14. The molecular formula is C16H21BrN2S.